The predicted molar refractivity (Wildman–Crippen MR) is 100 cm³/mol. The van der Waals surface area contributed by atoms with E-state index in [9.17, 15) is 14.9 Å². The van der Waals surface area contributed by atoms with Crippen LogP contribution in [0.3, 0.4) is 0 Å². The molecular formula is C20H29NO3. The summed E-state index contributed by atoms with van der Waals surface area (Å²) in [6.07, 6.45) is 24.6. The minimum atomic E-state index is -0.313. The molecule has 0 aromatic rings. The van der Waals surface area contributed by atoms with Gasteiger partial charge in [0.1, 0.15) is 6.29 Å². The second-order valence-corrected chi connectivity index (χ2v) is 5.26. The van der Waals surface area contributed by atoms with Gasteiger partial charge in [-0.1, -0.05) is 55.5 Å². The summed E-state index contributed by atoms with van der Waals surface area (Å²) in [6.45, 7) is 2.07. The van der Waals surface area contributed by atoms with Crippen LogP contribution < -0.4 is 0 Å². The molecule has 24 heavy (non-hydrogen) atoms. The third-order valence-corrected chi connectivity index (χ3v) is 3.19. The van der Waals surface area contributed by atoms with Crippen molar-refractivity contribution in [3.05, 3.63) is 70.5 Å². The smallest absolute Gasteiger partial charge is 0.246 e. The van der Waals surface area contributed by atoms with Gasteiger partial charge in [0.15, 0.2) is 0 Å². The van der Waals surface area contributed by atoms with Crippen LogP contribution >= 0.6 is 0 Å². The SMILES string of the molecule is CC/C=C\C/C=C\C/C(=C\C/C=C\C/C=C\CCCC=O)[N+](=O)[O-]. The van der Waals surface area contributed by atoms with Crippen molar-refractivity contribution >= 4 is 6.29 Å². The zero-order chi connectivity index (χ0) is 17.9. The predicted octanol–water partition coefficient (Wildman–Crippen LogP) is 5.71. The molecule has 0 amide bonds. The fraction of sp³-hybridized carbons (Fsp3) is 0.450. The molecular weight excluding hydrogens is 302 g/mol. The summed E-state index contributed by atoms with van der Waals surface area (Å²) in [5.74, 6) is 0. The number of rotatable bonds is 14. The van der Waals surface area contributed by atoms with Gasteiger partial charge in [-0.3, -0.25) is 10.1 Å². The van der Waals surface area contributed by atoms with E-state index in [-0.39, 0.29) is 10.6 Å². The summed E-state index contributed by atoms with van der Waals surface area (Å²) in [4.78, 5) is 20.8. The van der Waals surface area contributed by atoms with Gasteiger partial charge in [-0.25, -0.2) is 0 Å². The number of aldehydes is 1. The van der Waals surface area contributed by atoms with Crippen molar-refractivity contribution in [1.29, 1.82) is 0 Å². The lowest BCUT2D eigenvalue weighted by Crippen LogP contribution is -1.97. The lowest BCUT2D eigenvalue weighted by atomic mass is 10.2. The molecule has 0 unspecified atom stereocenters. The lowest BCUT2D eigenvalue weighted by molar-refractivity contribution is -0.427. The average Bonchev–Trinajstić information content (AvgIpc) is 2.57. The third-order valence-electron chi connectivity index (χ3n) is 3.19. The van der Waals surface area contributed by atoms with Crippen molar-refractivity contribution < 1.29 is 9.72 Å². The maximum atomic E-state index is 11.0. The first-order valence-electron chi connectivity index (χ1n) is 8.59. The van der Waals surface area contributed by atoms with E-state index in [4.69, 9.17) is 0 Å². The number of allylic oxidation sites excluding steroid dienone is 9. The van der Waals surface area contributed by atoms with E-state index in [1.807, 2.05) is 30.4 Å². The highest BCUT2D eigenvalue weighted by Crippen LogP contribution is 2.06. The molecule has 0 fully saturated rings. The van der Waals surface area contributed by atoms with Gasteiger partial charge < -0.3 is 4.79 Å². The van der Waals surface area contributed by atoms with E-state index >= 15 is 0 Å². The second kappa shape index (κ2) is 17.1. The molecule has 0 heterocycles. The standard InChI is InChI=1S/C20H29NO3/c1-2-3-4-5-11-14-17-20(21(23)24)18-15-12-9-7-6-8-10-13-16-19-22/h3-4,6,8-9,11-12,14,18-19H,2,5,7,10,13,15-17H2,1H3/b4-3-,8-6-,12-9-,14-11-,20-18+. The van der Waals surface area contributed by atoms with E-state index < -0.39 is 0 Å². The molecule has 0 aromatic heterocycles. The second-order valence-electron chi connectivity index (χ2n) is 5.26. The van der Waals surface area contributed by atoms with Crippen LogP contribution in [0.2, 0.25) is 0 Å². The maximum absolute atomic E-state index is 11.0. The largest absolute Gasteiger partial charge is 0.303 e. The number of hydrogen-bond acceptors (Lipinski definition) is 3. The quantitative estimate of drug-likeness (QED) is 0.135. The van der Waals surface area contributed by atoms with Gasteiger partial charge in [0.05, 0.1) is 11.3 Å². The Kier molecular flexibility index (Phi) is 15.5. The van der Waals surface area contributed by atoms with Gasteiger partial charge in [-0.2, -0.15) is 0 Å². The summed E-state index contributed by atoms with van der Waals surface area (Å²) >= 11 is 0. The normalized spacial score (nSPS) is 13.0. The Balaban J connectivity index is 4.06. The van der Waals surface area contributed by atoms with Gasteiger partial charge in [0, 0.05) is 6.42 Å². The Morgan fingerprint density at radius 1 is 0.875 bits per heavy atom. The van der Waals surface area contributed by atoms with Gasteiger partial charge in [0.25, 0.3) is 0 Å². The first-order valence-corrected chi connectivity index (χ1v) is 8.59. The molecule has 0 aliphatic carbocycles. The molecule has 0 atom stereocenters. The van der Waals surface area contributed by atoms with Crippen molar-refractivity contribution in [2.45, 2.75) is 58.3 Å². The zero-order valence-electron chi connectivity index (χ0n) is 14.6. The summed E-state index contributed by atoms with van der Waals surface area (Å²) < 4.78 is 0. The Bertz CT molecular complexity index is 485. The molecule has 0 rings (SSSR count). The summed E-state index contributed by atoms with van der Waals surface area (Å²) in [6, 6.07) is 0. The molecule has 0 spiro atoms. The molecule has 0 aromatic carbocycles. The van der Waals surface area contributed by atoms with Crippen LogP contribution in [-0.2, 0) is 4.79 Å². The molecule has 0 aliphatic rings. The van der Waals surface area contributed by atoms with Crippen molar-refractivity contribution in [3.8, 4) is 0 Å². The monoisotopic (exact) mass is 331 g/mol. The van der Waals surface area contributed by atoms with Crippen molar-refractivity contribution in [2.24, 2.45) is 0 Å². The summed E-state index contributed by atoms with van der Waals surface area (Å²) in [5.41, 5.74) is 0.236. The number of carbonyl (C=O) groups excluding carboxylic acids is 1. The topological polar surface area (TPSA) is 60.2 Å². The molecule has 132 valence electrons. The Labute approximate surface area is 145 Å². The van der Waals surface area contributed by atoms with Gasteiger partial charge in [-0.15, -0.1) is 0 Å². The molecule has 4 nitrogen and oxygen atoms in total. The highest BCUT2D eigenvalue weighted by Gasteiger charge is 2.06. The zero-order valence-corrected chi connectivity index (χ0v) is 14.6. The van der Waals surface area contributed by atoms with Gasteiger partial charge >= 0.3 is 0 Å². The molecule has 0 saturated carbocycles. The minimum absolute atomic E-state index is 0.236. The minimum Gasteiger partial charge on any atom is -0.303 e. The number of unbranched alkanes of at least 4 members (excludes halogenated alkanes) is 2. The fourth-order valence-corrected chi connectivity index (χ4v) is 1.88. The van der Waals surface area contributed by atoms with Crippen LogP contribution in [0.5, 0.6) is 0 Å². The van der Waals surface area contributed by atoms with Crippen LogP contribution in [0.15, 0.2) is 60.4 Å². The van der Waals surface area contributed by atoms with E-state index in [0.29, 0.717) is 19.3 Å². The number of nitrogens with zero attached hydrogens (tertiary/aromatic N) is 1. The Hall–Kier alpha value is -2.23. The fourth-order valence-electron chi connectivity index (χ4n) is 1.88. The Morgan fingerprint density at radius 2 is 1.50 bits per heavy atom. The van der Waals surface area contributed by atoms with Crippen LogP contribution in [0.25, 0.3) is 0 Å². The van der Waals surface area contributed by atoms with Crippen molar-refractivity contribution in [1.82, 2.24) is 0 Å². The highest BCUT2D eigenvalue weighted by atomic mass is 16.6. The van der Waals surface area contributed by atoms with Crippen LogP contribution in [0.4, 0.5) is 0 Å². The van der Waals surface area contributed by atoms with Crippen LogP contribution in [0.1, 0.15) is 58.3 Å². The molecule has 0 N–H and O–H groups in total. The van der Waals surface area contributed by atoms with Gasteiger partial charge in [0.2, 0.25) is 5.70 Å². The average molecular weight is 331 g/mol. The third kappa shape index (κ3) is 14.7. The van der Waals surface area contributed by atoms with Crippen LogP contribution in [-0.4, -0.2) is 11.2 Å². The first-order chi connectivity index (χ1) is 11.7. The number of hydrogen-bond donors (Lipinski definition) is 0. The summed E-state index contributed by atoms with van der Waals surface area (Å²) in [7, 11) is 0. The van der Waals surface area contributed by atoms with Gasteiger partial charge in [-0.05, 0) is 44.6 Å². The maximum Gasteiger partial charge on any atom is 0.246 e. The number of carbonyl (C=O) groups is 1. The number of nitro groups is 1. The lowest BCUT2D eigenvalue weighted by Gasteiger charge is -1.93. The van der Waals surface area contributed by atoms with Crippen LogP contribution in [0, 0.1) is 10.1 Å². The van der Waals surface area contributed by atoms with E-state index in [0.717, 1.165) is 38.4 Å². The highest BCUT2D eigenvalue weighted by molar-refractivity contribution is 5.49. The summed E-state index contributed by atoms with van der Waals surface area (Å²) in [5, 5.41) is 11.0. The molecule has 0 saturated heterocycles. The molecule has 0 aliphatic heterocycles. The first kappa shape index (κ1) is 21.8. The molecule has 4 heteroatoms. The van der Waals surface area contributed by atoms with E-state index in [2.05, 4.69) is 25.2 Å². The van der Waals surface area contributed by atoms with Crippen molar-refractivity contribution in [2.75, 3.05) is 0 Å². The van der Waals surface area contributed by atoms with E-state index in [1.165, 1.54) is 0 Å². The van der Waals surface area contributed by atoms with E-state index in [1.54, 1.807) is 6.08 Å². The van der Waals surface area contributed by atoms with Crippen molar-refractivity contribution in [3.63, 3.8) is 0 Å². The Morgan fingerprint density at radius 3 is 2.17 bits per heavy atom. The molecule has 0 bridgehead atoms. The molecule has 0 radical (unpaired) electrons.